The number of piperazine rings is 1. The highest BCUT2D eigenvalue weighted by atomic mass is 16.2. The summed E-state index contributed by atoms with van der Waals surface area (Å²) in [7, 11) is 0. The molecule has 158 valence electrons. The third-order valence-electron chi connectivity index (χ3n) is 6.04. The summed E-state index contributed by atoms with van der Waals surface area (Å²) in [5.41, 5.74) is 10.4. The second kappa shape index (κ2) is 8.38. The molecule has 0 radical (unpaired) electrons. The van der Waals surface area contributed by atoms with Crippen molar-refractivity contribution in [2.75, 3.05) is 24.5 Å². The average Bonchev–Trinajstić information content (AvgIpc) is 3.12. The highest BCUT2D eigenvalue weighted by Gasteiger charge is 2.30. The van der Waals surface area contributed by atoms with E-state index in [0.717, 1.165) is 31.6 Å². The SMILES string of the molecule is CCc1nn(C(C)C)c2cc(N3CCN(C(N)=O)[C@@H](Cc4ccccc4)C3)ccc12. The minimum Gasteiger partial charge on any atom is -0.368 e. The summed E-state index contributed by atoms with van der Waals surface area (Å²) in [5.74, 6) is 0. The van der Waals surface area contributed by atoms with Gasteiger partial charge in [-0.25, -0.2) is 4.79 Å². The Balaban J connectivity index is 1.64. The number of anilines is 1. The molecule has 4 rings (SSSR count). The van der Waals surface area contributed by atoms with Gasteiger partial charge in [0.1, 0.15) is 0 Å². The van der Waals surface area contributed by atoms with Gasteiger partial charge >= 0.3 is 6.03 Å². The van der Waals surface area contributed by atoms with Crippen LogP contribution in [0.15, 0.2) is 48.5 Å². The van der Waals surface area contributed by atoms with E-state index < -0.39 is 0 Å². The largest absolute Gasteiger partial charge is 0.368 e. The molecule has 1 aliphatic rings. The standard InChI is InChI=1S/C24H31N5O/c1-4-22-21-11-10-19(15-23(21)29(26-22)17(2)3)27-12-13-28(24(25)30)20(16-27)14-18-8-6-5-7-9-18/h5-11,15,17,20H,4,12-14,16H2,1-3H3,(H2,25,30)/t20-/m0/s1. The molecule has 2 aromatic carbocycles. The topological polar surface area (TPSA) is 67.4 Å². The van der Waals surface area contributed by atoms with E-state index >= 15 is 0 Å². The van der Waals surface area contributed by atoms with Crippen molar-refractivity contribution >= 4 is 22.6 Å². The van der Waals surface area contributed by atoms with Crippen LogP contribution in [-0.4, -0.2) is 46.4 Å². The summed E-state index contributed by atoms with van der Waals surface area (Å²) >= 11 is 0. The summed E-state index contributed by atoms with van der Waals surface area (Å²) in [6.07, 6.45) is 1.72. The third-order valence-corrected chi connectivity index (χ3v) is 6.04. The molecular weight excluding hydrogens is 374 g/mol. The van der Waals surface area contributed by atoms with E-state index in [1.165, 1.54) is 22.2 Å². The Morgan fingerprint density at radius 2 is 1.93 bits per heavy atom. The molecule has 0 spiro atoms. The Morgan fingerprint density at radius 1 is 1.17 bits per heavy atom. The van der Waals surface area contributed by atoms with Crippen LogP contribution < -0.4 is 10.6 Å². The molecule has 1 fully saturated rings. The first kappa shape index (κ1) is 20.3. The minimum atomic E-state index is -0.337. The van der Waals surface area contributed by atoms with Gasteiger partial charge in [-0.1, -0.05) is 37.3 Å². The molecule has 0 aliphatic carbocycles. The number of nitrogens with zero attached hydrogens (tertiary/aromatic N) is 4. The van der Waals surface area contributed by atoms with Crippen LogP contribution in [0.2, 0.25) is 0 Å². The summed E-state index contributed by atoms with van der Waals surface area (Å²) in [4.78, 5) is 16.2. The van der Waals surface area contributed by atoms with Crippen LogP contribution in [-0.2, 0) is 12.8 Å². The Kier molecular flexibility index (Phi) is 5.66. The van der Waals surface area contributed by atoms with Crippen molar-refractivity contribution in [2.24, 2.45) is 5.73 Å². The van der Waals surface area contributed by atoms with E-state index in [9.17, 15) is 4.79 Å². The summed E-state index contributed by atoms with van der Waals surface area (Å²) < 4.78 is 2.12. The number of nitrogens with two attached hydrogens (primary N) is 1. The lowest BCUT2D eigenvalue weighted by Crippen LogP contribution is -2.57. The van der Waals surface area contributed by atoms with E-state index in [-0.39, 0.29) is 12.1 Å². The summed E-state index contributed by atoms with van der Waals surface area (Å²) in [5, 5.41) is 6.06. The first-order valence-corrected chi connectivity index (χ1v) is 10.8. The highest BCUT2D eigenvalue weighted by Crippen LogP contribution is 2.29. The second-order valence-electron chi connectivity index (χ2n) is 8.36. The number of rotatable bonds is 5. The maximum atomic E-state index is 12.0. The molecule has 2 amide bonds. The lowest BCUT2D eigenvalue weighted by molar-refractivity contribution is 0.174. The molecule has 1 aliphatic heterocycles. The number of amides is 2. The van der Waals surface area contributed by atoms with Gasteiger partial charge in [-0.15, -0.1) is 0 Å². The van der Waals surface area contributed by atoms with Gasteiger partial charge in [0.2, 0.25) is 0 Å². The lowest BCUT2D eigenvalue weighted by atomic mass is 10.0. The minimum absolute atomic E-state index is 0.0514. The van der Waals surface area contributed by atoms with Gasteiger partial charge in [0, 0.05) is 36.7 Å². The van der Waals surface area contributed by atoms with Gasteiger partial charge in [-0.2, -0.15) is 5.10 Å². The molecule has 2 N–H and O–H groups in total. The monoisotopic (exact) mass is 405 g/mol. The van der Waals surface area contributed by atoms with Gasteiger partial charge in [-0.3, -0.25) is 4.68 Å². The fraction of sp³-hybridized carbons (Fsp3) is 0.417. The van der Waals surface area contributed by atoms with Crippen molar-refractivity contribution in [2.45, 2.75) is 45.7 Å². The van der Waals surface area contributed by atoms with Crippen molar-refractivity contribution < 1.29 is 4.79 Å². The normalized spacial score (nSPS) is 17.1. The molecule has 3 aromatic rings. The first-order valence-electron chi connectivity index (χ1n) is 10.8. The van der Waals surface area contributed by atoms with Crippen LogP contribution in [0.25, 0.3) is 10.9 Å². The molecule has 6 nitrogen and oxygen atoms in total. The van der Waals surface area contributed by atoms with E-state index in [4.69, 9.17) is 10.8 Å². The van der Waals surface area contributed by atoms with Crippen molar-refractivity contribution in [3.05, 3.63) is 59.8 Å². The van der Waals surface area contributed by atoms with Gasteiger partial charge in [-0.05, 0) is 50.5 Å². The molecule has 6 heteroatoms. The zero-order valence-electron chi connectivity index (χ0n) is 18.1. The second-order valence-corrected chi connectivity index (χ2v) is 8.36. The van der Waals surface area contributed by atoms with Crippen molar-refractivity contribution in [1.82, 2.24) is 14.7 Å². The van der Waals surface area contributed by atoms with Crippen LogP contribution in [0.1, 0.15) is 38.1 Å². The van der Waals surface area contributed by atoms with Crippen molar-refractivity contribution in [3.63, 3.8) is 0 Å². The van der Waals surface area contributed by atoms with E-state index in [1.54, 1.807) is 0 Å². The predicted octanol–water partition coefficient (Wildman–Crippen LogP) is 3.99. The van der Waals surface area contributed by atoms with Crippen LogP contribution in [0.4, 0.5) is 10.5 Å². The van der Waals surface area contributed by atoms with Crippen LogP contribution in [0.5, 0.6) is 0 Å². The lowest BCUT2D eigenvalue weighted by Gasteiger charge is -2.42. The molecule has 1 saturated heterocycles. The molecule has 0 bridgehead atoms. The van der Waals surface area contributed by atoms with Crippen molar-refractivity contribution in [3.8, 4) is 0 Å². The molecule has 30 heavy (non-hydrogen) atoms. The maximum absolute atomic E-state index is 12.0. The van der Waals surface area contributed by atoms with Crippen molar-refractivity contribution in [1.29, 1.82) is 0 Å². The number of hydrogen-bond acceptors (Lipinski definition) is 3. The third kappa shape index (κ3) is 3.86. The number of benzene rings is 2. The number of primary amides is 1. The molecular formula is C24H31N5O. The quantitative estimate of drug-likeness (QED) is 0.698. The summed E-state index contributed by atoms with van der Waals surface area (Å²) in [6.45, 7) is 8.65. The smallest absolute Gasteiger partial charge is 0.315 e. The molecule has 0 unspecified atom stereocenters. The highest BCUT2D eigenvalue weighted by molar-refractivity contribution is 5.85. The molecule has 0 saturated carbocycles. The van der Waals surface area contributed by atoms with Gasteiger partial charge in [0.25, 0.3) is 0 Å². The van der Waals surface area contributed by atoms with Crippen LogP contribution in [0.3, 0.4) is 0 Å². The van der Waals surface area contributed by atoms with Gasteiger partial charge in [0.15, 0.2) is 0 Å². The first-order chi connectivity index (χ1) is 14.5. The number of aryl methyl sites for hydroxylation is 1. The molecule has 1 atom stereocenters. The van der Waals surface area contributed by atoms with E-state index in [0.29, 0.717) is 12.6 Å². The number of aromatic nitrogens is 2. The number of carbonyl (C=O) groups excluding carboxylic acids is 1. The predicted molar refractivity (Wildman–Crippen MR) is 122 cm³/mol. The fourth-order valence-corrected chi connectivity index (χ4v) is 4.48. The molecule has 2 heterocycles. The number of urea groups is 1. The Bertz CT molecular complexity index is 1030. The fourth-order valence-electron chi connectivity index (χ4n) is 4.48. The number of carbonyl (C=O) groups is 1. The van der Waals surface area contributed by atoms with Crippen LogP contribution >= 0.6 is 0 Å². The zero-order valence-corrected chi connectivity index (χ0v) is 18.1. The van der Waals surface area contributed by atoms with E-state index in [2.05, 4.69) is 60.7 Å². The number of fused-ring (bicyclic) bond motifs is 1. The zero-order chi connectivity index (χ0) is 21.3. The number of hydrogen-bond donors (Lipinski definition) is 1. The Morgan fingerprint density at radius 3 is 2.60 bits per heavy atom. The Labute approximate surface area is 178 Å². The maximum Gasteiger partial charge on any atom is 0.315 e. The summed E-state index contributed by atoms with van der Waals surface area (Å²) in [6, 6.07) is 17.0. The van der Waals surface area contributed by atoms with Gasteiger partial charge < -0.3 is 15.5 Å². The van der Waals surface area contributed by atoms with Gasteiger partial charge in [0.05, 0.1) is 17.3 Å². The van der Waals surface area contributed by atoms with E-state index in [1.807, 2.05) is 23.1 Å². The average molecular weight is 406 g/mol. The van der Waals surface area contributed by atoms with Crippen LogP contribution in [0, 0.1) is 0 Å². The molecule has 1 aromatic heterocycles. The Hall–Kier alpha value is -3.02.